The van der Waals surface area contributed by atoms with Gasteiger partial charge in [0.05, 0.1) is 23.3 Å². The molecule has 4 heteroatoms. The lowest BCUT2D eigenvalue weighted by atomic mass is 10.00. The first-order valence-electron chi connectivity index (χ1n) is 5.68. The smallest absolute Gasteiger partial charge is 0.201 e. The molecule has 0 spiro atoms. The summed E-state index contributed by atoms with van der Waals surface area (Å²) in [5.74, 6) is -0.723. The largest absolute Gasteiger partial charge is 0.496 e. The molecule has 2 aromatic carbocycles. The third-order valence-electron chi connectivity index (χ3n) is 2.79. The van der Waals surface area contributed by atoms with Gasteiger partial charge in [0.25, 0.3) is 0 Å². The first-order chi connectivity index (χ1) is 9.04. The normalized spacial score (nSPS) is 10.3. The fourth-order valence-corrected chi connectivity index (χ4v) is 2.10. The number of methoxy groups -OCH3 is 1. The predicted octanol–water partition coefficient (Wildman–Crippen LogP) is 4.03. The van der Waals surface area contributed by atoms with Gasteiger partial charge in [-0.15, -0.1) is 0 Å². The van der Waals surface area contributed by atoms with Crippen molar-refractivity contribution in [2.45, 2.75) is 6.92 Å². The fraction of sp³-hybridized carbons (Fsp3) is 0.133. The molecule has 0 N–H and O–H groups in total. The van der Waals surface area contributed by atoms with Crippen LogP contribution >= 0.6 is 11.6 Å². The summed E-state index contributed by atoms with van der Waals surface area (Å²) in [6, 6.07) is 9.31. The van der Waals surface area contributed by atoms with Crippen LogP contribution in [0.5, 0.6) is 5.75 Å². The molecule has 0 bridgehead atoms. The molecule has 0 aliphatic rings. The highest BCUT2D eigenvalue weighted by atomic mass is 35.5. The molecule has 0 unspecified atom stereocenters. The van der Waals surface area contributed by atoms with Crippen molar-refractivity contribution in [3.05, 3.63) is 63.9 Å². The second-order valence-corrected chi connectivity index (χ2v) is 4.54. The molecule has 0 amide bonds. The molecular weight excluding hydrogens is 267 g/mol. The second-order valence-electron chi connectivity index (χ2n) is 4.13. The average Bonchev–Trinajstić information content (AvgIpc) is 2.38. The molecule has 2 rings (SSSR count). The van der Waals surface area contributed by atoms with Crippen molar-refractivity contribution in [3.63, 3.8) is 0 Å². The van der Waals surface area contributed by atoms with Crippen LogP contribution in [0.1, 0.15) is 21.5 Å². The zero-order valence-corrected chi connectivity index (χ0v) is 11.3. The Bertz CT molecular complexity index is 618. The standard InChI is InChI=1S/C15H12ClFO2/c1-9-6-7-13(19-2)10(8-9)15(18)14-11(16)4-3-5-12(14)17/h3-8H,1-2H3. The fourth-order valence-electron chi connectivity index (χ4n) is 1.85. The van der Waals surface area contributed by atoms with Gasteiger partial charge in [0.15, 0.2) is 0 Å². The molecular formula is C15H12ClFO2. The quantitative estimate of drug-likeness (QED) is 0.793. The van der Waals surface area contributed by atoms with Gasteiger partial charge in [-0.1, -0.05) is 29.3 Å². The molecule has 2 nitrogen and oxygen atoms in total. The van der Waals surface area contributed by atoms with E-state index in [0.717, 1.165) is 5.56 Å². The Labute approximate surface area is 115 Å². The van der Waals surface area contributed by atoms with Crippen molar-refractivity contribution >= 4 is 17.4 Å². The van der Waals surface area contributed by atoms with Gasteiger partial charge in [-0.2, -0.15) is 0 Å². The van der Waals surface area contributed by atoms with Gasteiger partial charge in [0.2, 0.25) is 5.78 Å². The number of rotatable bonds is 3. The highest BCUT2D eigenvalue weighted by Gasteiger charge is 2.20. The van der Waals surface area contributed by atoms with Gasteiger partial charge in [0, 0.05) is 0 Å². The topological polar surface area (TPSA) is 26.3 Å². The Morgan fingerprint density at radius 3 is 2.63 bits per heavy atom. The summed E-state index contributed by atoms with van der Waals surface area (Å²) in [4.78, 5) is 12.4. The Balaban J connectivity index is 2.59. The minimum Gasteiger partial charge on any atom is -0.496 e. The van der Waals surface area contributed by atoms with E-state index < -0.39 is 11.6 Å². The summed E-state index contributed by atoms with van der Waals surface area (Å²) in [5.41, 5.74) is 1.05. The van der Waals surface area contributed by atoms with Gasteiger partial charge in [-0.25, -0.2) is 4.39 Å². The van der Waals surface area contributed by atoms with E-state index in [1.54, 1.807) is 12.1 Å². The molecule has 98 valence electrons. The van der Waals surface area contributed by atoms with E-state index in [2.05, 4.69) is 0 Å². The van der Waals surface area contributed by atoms with E-state index >= 15 is 0 Å². The van der Waals surface area contributed by atoms with E-state index in [0.29, 0.717) is 11.3 Å². The Morgan fingerprint density at radius 2 is 2.00 bits per heavy atom. The Morgan fingerprint density at radius 1 is 1.26 bits per heavy atom. The number of ether oxygens (including phenoxy) is 1. The van der Waals surface area contributed by atoms with Crippen LogP contribution in [0.4, 0.5) is 4.39 Å². The zero-order valence-electron chi connectivity index (χ0n) is 10.5. The molecule has 0 radical (unpaired) electrons. The van der Waals surface area contributed by atoms with Gasteiger partial charge in [-0.05, 0) is 31.2 Å². The van der Waals surface area contributed by atoms with Crippen molar-refractivity contribution in [3.8, 4) is 5.75 Å². The highest BCUT2D eigenvalue weighted by Crippen LogP contribution is 2.27. The second kappa shape index (κ2) is 5.41. The van der Waals surface area contributed by atoms with Crippen molar-refractivity contribution in [1.82, 2.24) is 0 Å². The van der Waals surface area contributed by atoms with E-state index in [1.807, 2.05) is 13.0 Å². The van der Waals surface area contributed by atoms with Crippen LogP contribution in [0.2, 0.25) is 5.02 Å². The van der Waals surface area contributed by atoms with E-state index in [1.165, 1.54) is 25.3 Å². The Kier molecular flexibility index (Phi) is 3.86. The molecule has 0 heterocycles. The summed E-state index contributed by atoms with van der Waals surface area (Å²) in [7, 11) is 1.46. The SMILES string of the molecule is COc1ccc(C)cc1C(=O)c1c(F)cccc1Cl. The maximum Gasteiger partial charge on any atom is 0.201 e. The number of aryl methyl sites for hydroxylation is 1. The lowest BCUT2D eigenvalue weighted by Crippen LogP contribution is -2.07. The van der Waals surface area contributed by atoms with Crippen LogP contribution in [0.3, 0.4) is 0 Å². The van der Waals surface area contributed by atoms with Crippen molar-refractivity contribution in [1.29, 1.82) is 0 Å². The van der Waals surface area contributed by atoms with Crippen LogP contribution in [0.25, 0.3) is 0 Å². The number of benzene rings is 2. The van der Waals surface area contributed by atoms with Crippen LogP contribution in [-0.4, -0.2) is 12.9 Å². The summed E-state index contributed by atoms with van der Waals surface area (Å²) >= 11 is 5.91. The first kappa shape index (κ1) is 13.6. The first-order valence-corrected chi connectivity index (χ1v) is 6.05. The summed E-state index contributed by atoms with van der Waals surface area (Å²) < 4.78 is 18.9. The molecule has 19 heavy (non-hydrogen) atoms. The third-order valence-corrected chi connectivity index (χ3v) is 3.10. The lowest BCUT2D eigenvalue weighted by molar-refractivity contribution is 0.103. The summed E-state index contributed by atoms with van der Waals surface area (Å²) in [6.07, 6.45) is 0. The van der Waals surface area contributed by atoms with E-state index in [4.69, 9.17) is 16.3 Å². The van der Waals surface area contributed by atoms with Crippen molar-refractivity contribution < 1.29 is 13.9 Å². The maximum absolute atomic E-state index is 13.8. The number of hydrogen-bond acceptors (Lipinski definition) is 2. The minimum absolute atomic E-state index is 0.0913. The zero-order chi connectivity index (χ0) is 14.0. The van der Waals surface area contributed by atoms with E-state index in [-0.39, 0.29) is 10.6 Å². The summed E-state index contributed by atoms with van der Waals surface area (Å²) in [5, 5.41) is 0.0913. The third kappa shape index (κ3) is 2.61. The van der Waals surface area contributed by atoms with Crippen LogP contribution in [0, 0.1) is 12.7 Å². The molecule has 2 aromatic rings. The maximum atomic E-state index is 13.8. The molecule has 0 atom stereocenters. The van der Waals surface area contributed by atoms with Gasteiger partial charge >= 0.3 is 0 Å². The molecule has 0 saturated heterocycles. The van der Waals surface area contributed by atoms with Gasteiger partial charge < -0.3 is 4.74 Å². The molecule has 0 saturated carbocycles. The number of hydrogen-bond donors (Lipinski definition) is 0. The monoisotopic (exact) mass is 278 g/mol. The lowest BCUT2D eigenvalue weighted by Gasteiger charge is -2.10. The van der Waals surface area contributed by atoms with Crippen molar-refractivity contribution in [2.24, 2.45) is 0 Å². The van der Waals surface area contributed by atoms with Crippen molar-refractivity contribution in [2.75, 3.05) is 7.11 Å². The molecule has 0 aromatic heterocycles. The molecule has 0 aliphatic carbocycles. The van der Waals surface area contributed by atoms with Gasteiger partial charge in [-0.3, -0.25) is 4.79 Å². The number of halogens is 2. The van der Waals surface area contributed by atoms with Crippen LogP contribution in [0.15, 0.2) is 36.4 Å². The predicted molar refractivity (Wildman–Crippen MR) is 72.6 cm³/mol. The average molecular weight is 279 g/mol. The number of carbonyl (C=O) groups excluding carboxylic acids is 1. The molecule has 0 aliphatic heterocycles. The van der Waals surface area contributed by atoms with Crippen LogP contribution in [-0.2, 0) is 0 Å². The summed E-state index contributed by atoms with van der Waals surface area (Å²) in [6.45, 7) is 1.85. The number of ketones is 1. The molecule has 0 fully saturated rings. The highest BCUT2D eigenvalue weighted by molar-refractivity contribution is 6.35. The van der Waals surface area contributed by atoms with Gasteiger partial charge in [0.1, 0.15) is 11.6 Å². The minimum atomic E-state index is -0.638. The van der Waals surface area contributed by atoms with Crippen LogP contribution < -0.4 is 4.74 Å². The van der Waals surface area contributed by atoms with E-state index in [9.17, 15) is 9.18 Å². The Hall–Kier alpha value is -1.87. The number of carbonyl (C=O) groups is 1.